The average Bonchev–Trinajstić information content (AvgIpc) is 3.17. The number of nitrogens with one attached hydrogen (secondary N) is 1. The maximum absolute atomic E-state index is 12.1. The number of carbonyl (C=O) groups excluding carboxylic acids is 1. The van der Waals surface area contributed by atoms with Crippen molar-refractivity contribution in [2.75, 3.05) is 18.4 Å². The van der Waals surface area contributed by atoms with Crippen molar-refractivity contribution in [1.29, 1.82) is 0 Å². The predicted octanol–water partition coefficient (Wildman–Crippen LogP) is 4.08. The summed E-state index contributed by atoms with van der Waals surface area (Å²) in [5.74, 6) is 1.12. The van der Waals surface area contributed by atoms with Gasteiger partial charge in [0, 0.05) is 23.7 Å². The van der Waals surface area contributed by atoms with Crippen LogP contribution in [0.4, 0.5) is 9.80 Å². The highest BCUT2D eigenvalue weighted by molar-refractivity contribution is 7.14. The standard InChI is InChI=1S/C16H13ClN4O2S/c17-12-4-1-3-10(7-12)14-19-15(23-20-14)11-8-21(9-11)16(22)18-13-5-2-6-24-13/h1-7,11H,8-9H2,(H,18,22). The Kier molecular flexibility index (Phi) is 3.95. The third-order valence-corrected chi connectivity index (χ3v) is 4.81. The summed E-state index contributed by atoms with van der Waals surface area (Å²) in [6, 6.07) is 11.0. The van der Waals surface area contributed by atoms with Gasteiger partial charge in [-0.1, -0.05) is 28.9 Å². The van der Waals surface area contributed by atoms with E-state index in [2.05, 4.69) is 15.5 Å². The normalized spacial score (nSPS) is 14.5. The first-order valence-electron chi connectivity index (χ1n) is 7.38. The molecule has 1 aliphatic rings. The Labute approximate surface area is 147 Å². The van der Waals surface area contributed by atoms with Crippen molar-refractivity contribution in [3.05, 3.63) is 52.7 Å². The number of carbonyl (C=O) groups is 1. The Balaban J connectivity index is 1.38. The van der Waals surface area contributed by atoms with Gasteiger partial charge in [-0.2, -0.15) is 4.98 Å². The SMILES string of the molecule is O=C(Nc1cccs1)N1CC(c2nc(-c3cccc(Cl)c3)no2)C1. The van der Waals surface area contributed by atoms with Crippen LogP contribution in [0.25, 0.3) is 11.4 Å². The lowest BCUT2D eigenvalue weighted by Gasteiger charge is -2.36. The van der Waals surface area contributed by atoms with E-state index in [0.717, 1.165) is 10.6 Å². The number of urea groups is 1. The molecule has 24 heavy (non-hydrogen) atoms. The zero-order valence-corrected chi connectivity index (χ0v) is 14.0. The van der Waals surface area contributed by atoms with Crippen molar-refractivity contribution in [1.82, 2.24) is 15.0 Å². The number of nitrogens with zero attached hydrogens (tertiary/aromatic N) is 3. The second-order valence-electron chi connectivity index (χ2n) is 5.48. The summed E-state index contributed by atoms with van der Waals surface area (Å²) in [6.07, 6.45) is 0. The molecule has 122 valence electrons. The number of likely N-dealkylation sites (tertiary alicyclic amines) is 1. The van der Waals surface area contributed by atoms with Gasteiger partial charge >= 0.3 is 6.03 Å². The van der Waals surface area contributed by atoms with Crippen molar-refractivity contribution < 1.29 is 9.32 Å². The minimum Gasteiger partial charge on any atom is -0.339 e. The first kappa shape index (κ1) is 15.2. The highest BCUT2D eigenvalue weighted by Crippen LogP contribution is 2.29. The predicted molar refractivity (Wildman–Crippen MR) is 92.4 cm³/mol. The molecule has 1 aliphatic heterocycles. The van der Waals surface area contributed by atoms with Gasteiger partial charge in [0.25, 0.3) is 0 Å². The number of thiophene rings is 1. The summed E-state index contributed by atoms with van der Waals surface area (Å²) >= 11 is 7.47. The molecule has 1 saturated heterocycles. The molecule has 8 heteroatoms. The number of rotatable bonds is 3. The van der Waals surface area contributed by atoms with Gasteiger partial charge in [0.1, 0.15) is 0 Å². The molecule has 4 rings (SSSR count). The van der Waals surface area contributed by atoms with E-state index >= 15 is 0 Å². The van der Waals surface area contributed by atoms with Gasteiger partial charge in [0.2, 0.25) is 11.7 Å². The largest absolute Gasteiger partial charge is 0.339 e. The smallest absolute Gasteiger partial charge is 0.322 e. The van der Waals surface area contributed by atoms with Crippen LogP contribution in [0.3, 0.4) is 0 Å². The van der Waals surface area contributed by atoms with Crippen molar-refractivity contribution in [2.45, 2.75) is 5.92 Å². The zero-order chi connectivity index (χ0) is 16.5. The van der Waals surface area contributed by atoms with E-state index in [0.29, 0.717) is 29.8 Å². The lowest BCUT2D eigenvalue weighted by molar-refractivity contribution is 0.148. The summed E-state index contributed by atoms with van der Waals surface area (Å²) in [5, 5.41) is 10.2. The monoisotopic (exact) mass is 360 g/mol. The zero-order valence-electron chi connectivity index (χ0n) is 12.5. The summed E-state index contributed by atoms with van der Waals surface area (Å²) in [4.78, 5) is 18.2. The number of halogens is 1. The molecule has 1 aromatic carbocycles. The third kappa shape index (κ3) is 3.00. The Bertz CT molecular complexity index is 859. The first-order valence-corrected chi connectivity index (χ1v) is 8.64. The van der Waals surface area contributed by atoms with Crippen LogP contribution >= 0.6 is 22.9 Å². The van der Waals surface area contributed by atoms with E-state index in [4.69, 9.17) is 16.1 Å². The molecular weight excluding hydrogens is 348 g/mol. The van der Waals surface area contributed by atoms with E-state index in [1.165, 1.54) is 11.3 Å². The molecule has 1 fully saturated rings. The molecular formula is C16H13ClN4O2S. The van der Waals surface area contributed by atoms with Crippen LogP contribution in [-0.4, -0.2) is 34.2 Å². The van der Waals surface area contributed by atoms with Gasteiger partial charge in [-0.05, 0) is 29.6 Å². The molecule has 0 saturated carbocycles. The summed E-state index contributed by atoms with van der Waals surface area (Å²) in [5.41, 5.74) is 0.809. The van der Waals surface area contributed by atoms with Crippen LogP contribution in [0.1, 0.15) is 11.8 Å². The fourth-order valence-electron chi connectivity index (χ4n) is 2.48. The van der Waals surface area contributed by atoms with Gasteiger partial charge in [0.05, 0.1) is 10.9 Å². The van der Waals surface area contributed by atoms with Crippen molar-refractivity contribution in [3.8, 4) is 11.4 Å². The number of benzene rings is 1. The molecule has 0 spiro atoms. The molecule has 2 amide bonds. The van der Waals surface area contributed by atoms with E-state index in [9.17, 15) is 4.79 Å². The number of aromatic nitrogens is 2. The van der Waals surface area contributed by atoms with Gasteiger partial charge in [0.15, 0.2) is 0 Å². The highest BCUT2D eigenvalue weighted by atomic mass is 35.5. The number of hydrogen-bond acceptors (Lipinski definition) is 5. The Morgan fingerprint density at radius 1 is 1.33 bits per heavy atom. The Hall–Kier alpha value is -2.38. The first-order chi connectivity index (χ1) is 11.7. The van der Waals surface area contributed by atoms with Crippen molar-refractivity contribution in [2.24, 2.45) is 0 Å². The third-order valence-electron chi connectivity index (χ3n) is 3.79. The maximum atomic E-state index is 12.1. The van der Waals surface area contributed by atoms with E-state index in [-0.39, 0.29) is 11.9 Å². The molecule has 3 aromatic rings. The number of hydrogen-bond donors (Lipinski definition) is 1. The van der Waals surface area contributed by atoms with Crippen LogP contribution in [0.15, 0.2) is 46.3 Å². The molecule has 0 atom stereocenters. The minimum absolute atomic E-state index is 0.0690. The van der Waals surface area contributed by atoms with Crippen LogP contribution in [0.2, 0.25) is 5.02 Å². The van der Waals surface area contributed by atoms with Gasteiger partial charge in [-0.15, -0.1) is 11.3 Å². The Morgan fingerprint density at radius 3 is 2.96 bits per heavy atom. The van der Waals surface area contributed by atoms with Crippen LogP contribution in [-0.2, 0) is 0 Å². The van der Waals surface area contributed by atoms with Gasteiger partial charge in [-0.3, -0.25) is 5.32 Å². The lowest BCUT2D eigenvalue weighted by atomic mass is 10.0. The second kappa shape index (κ2) is 6.26. The lowest BCUT2D eigenvalue weighted by Crippen LogP contribution is -2.50. The summed E-state index contributed by atoms with van der Waals surface area (Å²) in [6.45, 7) is 1.13. The molecule has 6 nitrogen and oxygen atoms in total. The topological polar surface area (TPSA) is 71.3 Å². The van der Waals surface area contributed by atoms with Crippen molar-refractivity contribution >= 4 is 34.0 Å². The van der Waals surface area contributed by atoms with Crippen LogP contribution in [0.5, 0.6) is 0 Å². The molecule has 1 N–H and O–H groups in total. The summed E-state index contributed by atoms with van der Waals surface area (Å²) < 4.78 is 5.34. The van der Waals surface area contributed by atoms with E-state index in [1.807, 2.05) is 29.6 Å². The fraction of sp³-hybridized carbons (Fsp3) is 0.188. The molecule has 0 aliphatic carbocycles. The molecule has 3 heterocycles. The van der Waals surface area contributed by atoms with Gasteiger partial charge in [-0.25, -0.2) is 4.79 Å². The second-order valence-corrected chi connectivity index (χ2v) is 6.86. The molecule has 2 aromatic heterocycles. The summed E-state index contributed by atoms with van der Waals surface area (Å²) in [7, 11) is 0. The number of anilines is 1. The van der Waals surface area contributed by atoms with Crippen molar-refractivity contribution in [3.63, 3.8) is 0 Å². The molecule has 0 radical (unpaired) electrons. The van der Waals surface area contributed by atoms with Crippen LogP contribution < -0.4 is 5.32 Å². The minimum atomic E-state index is -0.108. The van der Waals surface area contributed by atoms with Gasteiger partial charge < -0.3 is 9.42 Å². The van der Waals surface area contributed by atoms with E-state index < -0.39 is 0 Å². The van der Waals surface area contributed by atoms with Crippen LogP contribution in [0, 0.1) is 0 Å². The molecule has 0 unspecified atom stereocenters. The fourth-order valence-corrected chi connectivity index (χ4v) is 3.28. The average molecular weight is 361 g/mol. The Morgan fingerprint density at radius 2 is 2.21 bits per heavy atom. The highest BCUT2D eigenvalue weighted by Gasteiger charge is 2.35. The number of amides is 2. The molecule has 0 bridgehead atoms. The van der Waals surface area contributed by atoms with E-state index in [1.54, 1.807) is 17.0 Å². The quantitative estimate of drug-likeness (QED) is 0.763. The maximum Gasteiger partial charge on any atom is 0.322 e.